The molecule has 1 aromatic heterocycles. The van der Waals surface area contributed by atoms with E-state index in [1.165, 1.54) is 16.8 Å². The summed E-state index contributed by atoms with van der Waals surface area (Å²) in [4.78, 5) is 10.9. The lowest BCUT2D eigenvalue weighted by atomic mass is 10.1. The number of aromatic carboxylic acids is 1. The Kier molecular flexibility index (Phi) is 3.33. The summed E-state index contributed by atoms with van der Waals surface area (Å²) in [6.45, 7) is 3.59. The second kappa shape index (κ2) is 4.79. The molecule has 0 amide bonds. The second-order valence-electron chi connectivity index (χ2n) is 4.38. The molecule has 0 aliphatic rings. The molecule has 4 nitrogen and oxygen atoms in total. The maximum Gasteiger partial charge on any atom is 0.356 e. The molecule has 100 valence electrons. The Balaban J connectivity index is 2.63. The van der Waals surface area contributed by atoms with Crippen LogP contribution in [0.1, 0.15) is 30.4 Å². The molecule has 6 heteroatoms. The number of benzene rings is 1. The predicted octanol–water partition coefficient (Wildman–Crippen LogP) is 3.11. The first-order valence-electron chi connectivity index (χ1n) is 5.68. The first-order valence-corrected chi connectivity index (χ1v) is 5.68. The Labute approximate surface area is 108 Å². The second-order valence-corrected chi connectivity index (χ2v) is 4.38. The van der Waals surface area contributed by atoms with Gasteiger partial charge in [-0.05, 0) is 32.0 Å². The zero-order chi connectivity index (χ0) is 14.2. The number of carboxylic acids is 1. The lowest BCUT2D eigenvalue weighted by Gasteiger charge is -2.11. The van der Waals surface area contributed by atoms with E-state index in [0.717, 1.165) is 12.1 Å². The maximum absolute atomic E-state index is 13.8. The van der Waals surface area contributed by atoms with Crippen molar-refractivity contribution in [2.45, 2.75) is 19.9 Å². The van der Waals surface area contributed by atoms with Crippen molar-refractivity contribution in [2.75, 3.05) is 0 Å². The molecule has 0 fully saturated rings. The highest BCUT2D eigenvalue weighted by Gasteiger charge is 2.18. The van der Waals surface area contributed by atoms with Gasteiger partial charge < -0.3 is 5.11 Å². The van der Waals surface area contributed by atoms with Gasteiger partial charge in [-0.2, -0.15) is 5.10 Å². The van der Waals surface area contributed by atoms with E-state index in [2.05, 4.69) is 5.10 Å². The molecule has 1 heterocycles. The fraction of sp³-hybridized carbons (Fsp3) is 0.231. The molecule has 19 heavy (non-hydrogen) atoms. The third kappa shape index (κ3) is 2.47. The molecule has 0 bridgehead atoms. The topological polar surface area (TPSA) is 55.1 Å². The van der Waals surface area contributed by atoms with E-state index < -0.39 is 17.6 Å². The fourth-order valence-corrected chi connectivity index (χ4v) is 1.79. The van der Waals surface area contributed by atoms with Crippen LogP contribution in [0, 0.1) is 11.6 Å². The van der Waals surface area contributed by atoms with Crippen LogP contribution in [0.5, 0.6) is 0 Å². The molecule has 0 unspecified atom stereocenters. The molecule has 0 atom stereocenters. The lowest BCUT2D eigenvalue weighted by molar-refractivity contribution is 0.0689. The van der Waals surface area contributed by atoms with Crippen molar-refractivity contribution in [2.24, 2.45) is 0 Å². The standard InChI is InChI=1S/C13H12F2N2O2/c1-7(2)17-12(6-11(16-17)13(18)19)9-4-3-8(14)5-10(9)15/h3-7H,1-2H3,(H,18,19). The van der Waals surface area contributed by atoms with Crippen molar-refractivity contribution in [1.82, 2.24) is 9.78 Å². The highest BCUT2D eigenvalue weighted by molar-refractivity contribution is 5.87. The normalized spacial score (nSPS) is 11.0. The number of hydrogen-bond donors (Lipinski definition) is 1. The number of halogens is 2. The first kappa shape index (κ1) is 13.2. The van der Waals surface area contributed by atoms with Crippen LogP contribution >= 0.6 is 0 Å². The highest BCUT2D eigenvalue weighted by Crippen LogP contribution is 2.26. The highest BCUT2D eigenvalue weighted by atomic mass is 19.1. The molecule has 0 spiro atoms. The Morgan fingerprint density at radius 3 is 2.53 bits per heavy atom. The van der Waals surface area contributed by atoms with Gasteiger partial charge in [0.1, 0.15) is 11.6 Å². The number of aromatic nitrogens is 2. The van der Waals surface area contributed by atoms with Crippen LogP contribution in [0.2, 0.25) is 0 Å². The van der Waals surface area contributed by atoms with E-state index >= 15 is 0 Å². The van der Waals surface area contributed by atoms with E-state index in [1.807, 2.05) is 0 Å². The van der Waals surface area contributed by atoms with Crippen molar-refractivity contribution in [3.63, 3.8) is 0 Å². The van der Waals surface area contributed by atoms with Crippen molar-refractivity contribution >= 4 is 5.97 Å². The minimum absolute atomic E-state index is 0.120. The molecule has 0 radical (unpaired) electrons. The summed E-state index contributed by atoms with van der Waals surface area (Å²) in [5.74, 6) is -2.63. The van der Waals surface area contributed by atoms with Gasteiger partial charge in [0, 0.05) is 17.7 Å². The number of hydrogen-bond acceptors (Lipinski definition) is 2. The lowest BCUT2D eigenvalue weighted by Crippen LogP contribution is -2.07. The Hall–Kier alpha value is -2.24. The Morgan fingerprint density at radius 2 is 2.00 bits per heavy atom. The Morgan fingerprint density at radius 1 is 1.32 bits per heavy atom. The third-order valence-electron chi connectivity index (χ3n) is 2.65. The van der Waals surface area contributed by atoms with E-state index in [0.29, 0.717) is 5.69 Å². The van der Waals surface area contributed by atoms with Gasteiger partial charge in [0.25, 0.3) is 0 Å². The van der Waals surface area contributed by atoms with E-state index in [-0.39, 0.29) is 17.3 Å². The Bertz CT molecular complexity index is 636. The summed E-state index contributed by atoms with van der Waals surface area (Å²) < 4.78 is 28.1. The van der Waals surface area contributed by atoms with Gasteiger partial charge in [0.15, 0.2) is 5.69 Å². The van der Waals surface area contributed by atoms with Crippen LogP contribution in [0.3, 0.4) is 0 Å². The molecule has 0 saturated heterocycles. The summed E-state index contributed by atoms with van der Waals surface area (Å²) in [5.41, 5.74) is 0.257. The van der Waals surface area contributed by atoms with Crippen LogP contribution in [0.25, 0.3) is 11.3 Å². The average molecular weight is 266 g/mol. The van der Waals surface area contributed by atoms with Crippen molar-refractivity contribution < 1.29 is 18.7 Å². The van der Waals surface area contributed by atoms with Gasteiger partial charge >= 0.3 is 5.97 Å². The van der Waals surface area contributed by atoms with Gasteiger partial charge in [-0.1, -0.05) is 0 Å². The van der Waals surface area contributed by atoms with Gasteiger partial charge in [0.2, 0.25) is 0 Å². The predicted molar refractivity (Wildman–Crippen MR) is 64.9 cm³/mol. The molecule has 0 saturated carbocycles. The van der Waals surface area contributed by atoms with Crippen LogP contribution in [0.4, 0.5) is 8.78 Å². The molecule has 2 rings (SSSR count). The van der Waals surface area contributed by atoms with Gasteiger partial charge in [-0.3, -0.25) is 4.68 Å². The van der Waals surface area contributed by atoms with Gasteiger partial charge in [0.05, 0.1) is 5.69 Å². The minimum atomic E-state index is -1.19. The monoisotopic (exact) mass is 266 g/mol. The molecule has 1 aromatic carbocycles. The average Bonchev–Trinajstić information content (AvgIpc) is 2.73. The zero-order valence-corrected chi connectivity index (χ0v) is 10.4. The summed E-state index contributed by atoms with van der Waals surface area (Å²) in [5, 5.41) is 12.8. The van der Waals surface area contributed by atoms with E-state index in [9.17, 15) is 13.6 Å². The summed E-state index contributed by atoms with van der Waals surface area (Å²) in [6, 6.07) is 4.28. The van der Waals surface area contributed by atoms with E-state index in [1.54, 1.807) is 13.8 Å². The smallest absolute Gasteiger partial charge is 0.356 e. The van der Waals surface area contributed by atoms with Crippen molar-refractivity contribution in [3.8, 4) is 11.3 Å². The SMILES string of the molecule is CC(C)n1nc(C(=O)O)cc1-c1ccc(F)cc1F. The molecular formula is C13H12F2N2O2. The molecule has 0 aliphatic carbocycles. The van der Waals surface area contributed by atoms with Crippen molar-refractivity contribution in [1.29, 1.82) is 0 Å². The van der Waals surface area contributed by atoms with E-state index in [4.69, 9.17) is 5.11 Å². The summed E-state index contributed by atoms with van der Waals surface area (Å²) in [7, 11) is 0. The van der Waals surface area contributed by atoms with Crippen LogP contribution in [0.15, 0.2) is 24.3 Å². The molecule has 1 N–H and O–H groups in total. The first-order chi connectivity index (χ1) is 8.90. The zero-order valence-electron chi connectivity index (χ0n) is 10.4. The molecular weight excluding hydrogens is 254 g/mol. The van der Waals surface area contributed by atoms with Gasteiger partial charge in [-0.15, -0.1) is 0 Å². The number of rotatable bonds is 3. The fourth-order valence-electron chi connectivity index (χ4n) is 1.79. The van der Waals surface area contributed by atoms with Crippen LogP contribution in [-0.4, -0.2) is 20.9 Å². The third-order valence-corrected chi connectivity index (χ3v) is 2.65. The quantitative estimate of drug-likeness (QED) is 0.928. The number of carbonyl (C=O) groups is 1. The minimum Gasteiger partial charge on any atom is -0.476 e. The van der Waals surface area contributed by atoms with Crippen LogP contribution in [-0.2, 0) is 0 Å². The summed E-state index contributed by atoms with van der Waals surface area (Å²) in [6.07, 6.45) is 0. The van der Waals surface area contributed by atoms with Crippen molar-refractivity contribution in [3.05, 3.63) is 41.6 Å². The molecule has 0 aliphatic heterocycles. The summed E-state index contributed by atoms with van der Waals surface area (Å²) >= 11 is 0. The maximum atomic E-state index is 13.8. The largest absolute Gasteiger partial charge is 0.476 e. The van der Waals surface area contributed by atoms with Crippen LogP contribution < -0.4 is 0 Å². The molecule has 2 aromatic rings. The van der Waals surface area contributed by atoms with Gasteiger partial charge in [-0.25, -0.2) is 13.6 Å². The number of nitrogens with zero attached hydrogens (tertiary/aromatic N) is 2. The number of carboxylic acid groups (broad SMARTS) is 1.